The van der Waals surface area contributed by atoms with Crippen LogP contribution in [0.3, 0.4) is 0 Å². The Morgan fingerprint density at radius 1 is 0.857 bits per heavy atom. The van der Waals surface area contributed by atoms with E-state index in [1.54, 1.807) is 24.3 Å². The summed E-state index contributed by atoms with van der Waals surface area (Å²) in [6, 6.07) is 13.1. The van der Waals surface area contributed by atoms with Gasteiger partial charge in [0, 0.05) is 18.3 Å². The molecule has 1 heterocycles. The van der Waals surface area contributed by atoms with Crippen LogP contribution in [-0.4, -0.2) is 16.8 Å². The van der Waals surface area contributed by atoms with Crippen LogP contribution in [0.25, 0.3) is 0 Å². The zero-order chi connectivity index (χ0) is 20.1. The van der Waals surface area contributed by atoms with Crippen molar-refractivity contribution in [2.45, 2.75) is 6.92 Å². The average molecular weight is 382 g/mol. The van der Waals surface area contributed by atoms with Gasteiger partial charge in [-0.05, 0) is 42.5 Å². The lowest BCUT2D eigenvalue weighted by molar-refractivity contribution is -0.114. The summed E-state index contributed by atoms with van der Waals surface area (Å²) >= 11 is 0. The molecule has 3 aromatic rings. The Kier molecular flexibility index (Phi) is 5.59. The maximum absolute atomic E-state index is 13.7. The zero-order valence-electron chi connectivity index (χ0n) is 14.8. The van der Waals surface area contributed by atoms with E-state index in [-0.39, 0.29) is 17.3 Å². The highest BCUT2D eigenvalue weighted by Crippen LogP contribution is 2.23. The number of rotatable bonds is 5. The quantitative estimate of drug-likeness (QED) is 0.614. The van der Waals surface area contributed by atoms with E-state index in [1.165, 1.54) is 31.3 Å². The maximum Gasteiger partial charge on any atom is 0.274 e. The highest BCUT2D eigenvalue weighted by atomic mass is 19.1. The number of carbonyl (C=O) groups is 2. The predicted octanol–water partition coefficient (Wildman–Crippen LogP) is 4.31. The second-order valence-electron chi connectivity index (χ2n) is 5.87. The number of hydrogen-bond donors (Lipinski definition) is 3. The summed E-state index contributed by atoms with van der Waals surface area (Å²) in [7, 11) is 0. The van der Waals surface area contributed by atoms with Crippen molar-refractivity contribution in [1.29, 1.82) is 0 Å². The van der Waals surface area contributed by atoms with Crippen molar-refractivity contribution in [3.05, 3.63) is 78.1 Å². The number of pyridine rings is 1. The molecule has 0 radical (unpaired) electrons. The maximum atomic E-state index is 13.7. The predicted molar refractivity (Wildman–Crippen MR) is 103 cm³/mol. The van der Waals surface area contributed by atoms with E-state index < -0.39 is 17.5 Å². The summed E-state index contributed by atoms with van der Waals surface area (Å²) < 4.78 is 27.4. The normalized spacial score (nSPS) is 10.2. The molecule has 2 aromatic carbocycles. The minimum atomic E-state index is -0.735. The fourth-order valence-corrected chi connectivity index (χ4v) is 2.44. The number of carbonyl (C=O) groups excluding carboxylic acids is 2. The van der Waals surface area contributed by atoms with Crippen LogP contribution in [0.15, 0.2) is 60.8 Å². The second kappa shape index (κ2) is 8.26. The molecule has 0 aliphatic heterocycles. The third kappa shape index (κ3) is 4.67. The number of para-hydroxylation sites is 1. The molecule has 0 aliphatic carbocycles. The van der Waals surface area contributed by atoms with Crippen molar-refractivity contribution in [3.63, 3.8) is 0 Å². The summed E-state index contributed by atoms with van der Waals surface area (Å²) in [4.78, 5) is 27.4. The van der Waals surface area contributed by atoms with Gasteiger partial charge in [0.15, 0.2) is 0 Å². The average Bonchev–Trinajstić information content (AvgIpc) is 2.65. The lowest BCUT2D eigenvalue weighted by Gasteiger charge is -2.10. The van der Waals surface area contributed by atoms with Crippen LogP contribution in [0.5, 0.6) is 0 Å². The van der Waals surface area contributed by atoms with Gasteiger partial charge in [0.25, 0.3) is 5.91 Å². The molecule has 1 aromatic heterocycles. The van der Waals surface area contributed by atoms with Crippen molar-refractivity contribution < 1.29 is 18.4 Å². The molecule has 0 bridgehead atoms. The van der Waals surface area contributed by atoms with Crippen molar-refractivity contribution in [2.75, 3.05) is 16.0 Å². The molecule has 142 valence electrons. The van der Waals surface area contributed by atoms with E-state index in [4.69, 9.17) is 0 Å². The molecular weight excluding hydrogens is 366 g/mol. The zero-order valence-corrected chi connectivity index (χ0v) is 14.8. The van der Waals surface area contributed by atoms with Crippen molar-refractivity contribution in [3.8, 4) is 0 Å². The SMILES string of the molecule is CC(=O)Nc1cccc(NC(=O)c2ccc(Nc3c(F)cccc3F)cn2)c1. The summed E-state index contributed by atoms with van der Waals surface area (Å²) in [5, 5.41) is 7.89. The highest BCUT2D eigenvalue weighted by molar-refractivity contribution is 6.03. The van der Waals surface area contributed by atoms with Gasteiger partial charge in [-0.1, -0.05) is 12.1 Å². The Balaban J connectivity index is 1.69. The Bertz CT molecular complexity index is 1000. The molecule has 0 spiro atoms. The minimum Gasteiger partial charge on any atom is -0.349 e. The van der Waals surface area contributed by atoms with Crippen LogP contribution in [-0.2, 0) is 4.79 Å². The standard InChI is InChI=1S/C20H16F2N4O2/c1-12(27)24-13-4-2-5-14(10-13)26-20(28)18-9-8-15(11-23-18)25-19-16(21)6-3-7-17(19)22/h2-11,25H,1H3,(H,24,27)(H,26,28). The molecule has 0 saturated heterocycles. The smallest absolute Gasteiger partial charge is 0.274 e. The number of nitrogens with zero attached hydrogens (tertiary/aromatic N) is 1. The van der Waals surface area contributed by atoms with Gasteiger partial charge in [0.1, 0.15) is 23.0 Å². The Morgan fingerprint density at radius 3 is 2.11 bits per heavy atom. The molecule has 28 heavy (non-hydrogen) atoms. The van der Waals surface area contributed by atoms with Crippen LogP contribution in [0.1, 0.15) is 17.4 Å². The van der Waals surface area contributed by atoms with Crippen LogP contribution < -0.4 is 16.0 Å². The number of benzene rings is 2. The summed E-state index contributed by atoms with van der Waals surface area (Å²) in [5.74, 6) is -2.16. The first-order chi connectivity index (χ1) is 13.4. The minimum absolute atomic E-state index is 0.115. The molecule has 3 rings (SSSR count). The molecular formula is C20H16F2N4O2. The van der Waals surface area contributed by atoms with Crippen LogP contribution in [0, 0.1) is 11.6 Å². The number of nitrogens with one attached hydrogen (secondary N) is 3. The number of amides is 2. The van der Waals surface area contributed by atoms with E-state index in [0.717, 1.165) is 12.1 Å². The third-order valence-corrected chi connectivity index (χ3v) is 3.67. The molecule has 0 atom stereocenters. The lowest BCUT2D eigenvalue weighted by Crippen LogP contribution is -2.14. The van der Waals surface area contributed by atoms with Crippen molar-refractivity contribution in [2.24, 2.45) is 0 Å². The summed E-state index contributed by atoms with van der Waals surface area (Å²) in [6.07, 6.45) is 1.30. The van der Waals surface area contributed by atoms with E-state index in [9.17, 15) is 18.4 Å². The van der Waals surface area contributed by atoms with E-state index in [0.29, 0.717) is 17.1 Å². The highest BCUT2D eigenvalue weighted by Gasteiger charge is 2.11. The monoisotopic (exact) mass is 382 g/mol. The van der Waals surface area contributed by atoms with Crippen molar-refractivity contribution in [1.82, 2.24) is 4.98 Å². The summed E-state index contributed by atoms with van der Waals surface area (Å²) in [6.45, 7) is 1.39. The number of aromatic nitrogens is 1. The topological polar surface area (TPSA) is 83.1 Å². The number of anilines is 4. The number of halogens is 2. The fraction of sp³-hybridized carbons (Fsp3) is 0.0500. The lowest BCUT2D eigenvalue weighted by atomic mass is 10.2. The van der Waals surface area contributed by atoms with E-state index in [2.05, 4.69) is 20.9 Å². The first kappa shape index (κ1) is 19.0. The van der Waals surface area contributed by atoms with Gasteiger partial charge in [-0.3, -0.25) is 9.59 Å². The molecule has 0 unspecified atom stereocenters. The van der Waals surface area contributed by atoms with E-state index in [1.807, 2.05) is 0 Å². The molecule has 3 N–H and O–H groups in total. The van der Waals surface area contributed by atoms with Crippen LogP contribution >= 0.6 is 0 Å². The molecule has 2 amide bonds. The van der Waals surface area contributed by atoms with Gasteiger partial charge in [0.2, 0.25) is 5.91 Å². The molecule has 0 fully saturated rings. The largest absolute Gasteiger partial charge is 0.349 e. The molecule has 0 saturated carbocycles. The van der Waals surface area contributed by atoms with Gasteiger partial charge < -0.3 is 16.0 Å². The second-order valence-corrected chi connectivity index (χ2v) is 5.87. The molecule has 8 heteroatoms. The molecule has 0 aliphatic rings. The Labute approximate surface area is 159 Å². The number of hydrogen-bond acceptors (Lipinski definition) is 4. The van der Waals surface area contributed by atoms with Gasteiger partial charge in [-0.2, -0.15) is 0 Å². The van der Waals surface area contributed by atoms with Gasteiger partial charge in [-0.15, -0.1) is 0 Å². The van der Waals surface area contributed by atoms with Gasteiger partial charge >= 0.3 is 0 Å². The van der Waals surface area contributed by atoms with Crippen LogP contribution in [0.4, 0.5) is 31.5 Å². The van der Waals surface area contributed by atoms with Gasteiger partial charge in [-0.25, -0.2) is 13.8 Å². The first-order valence-electron chi connectivity index (χ1n) is 8.28. The Morgan fingerprint density at radius 2 is 1.50 bits per heavy atom. The van der Waals surface area contributed by atoms with Gasteiger partial charge in [0.05, 0.1) is 11.9 Å². The Hall–Kier alpha value is -3.81. The first-order valence-corrected chi connectivity index (χ1v) is 8.28. The van der Waals surface area contributed by atoms with Crippen LogP contribution in [0.2, 0.25) is 0 Å². The van der Waals surface area contributed by atoms with E-state index >= 15 is 0 Å². The third-order valence-electron chi connectivity index (χ3n) is 3.67. The molecule has 6 nitrogen and oxygen atoms in total. The summed E-state index contributed by atoms with van der Waals surface area (Å²) in [5.41, 5.74) is 1.17. The van der Waals surface area contributed by atoms with Crippen molar-refractivity contribution >= 4 is 34.6 Å². The fourth-order valence-electron chi connectivity index (χ4n) is 2.44.